The van der Waals surface area contributed by atoms with E-state index in [-0.39, 0.29) is 5.78 Å². The van der Waals surface area contributed by atoms with Crippen molar-refractivity contribution in [1.29, 1.82) is 0 Å². The van der Waals surface area contributed by atoms with Gasteiger partial charge in [0.15, 0.2) is 5.78 Å². The first-order chi connectivity index (χ1) is 7.08. The maximum atomic E-state index is 11.5. The molecular weight excluding hydrogens is 252 g/mol. The molecule has 0 unspecified atom stereocenters. The summed E-state index contributed by atoms with van der Waals surface area (Å²) in [5.41, 5.74) is 1.89. The average molecular weight is 271 g/mol. The quantitative estimate of drug-likeness (QED) is 0.529. The van der Waals surface area contributed by atoms with Gasteiger partial charge in [0, 0.05) is 10.1 Å². The molecule has 0 N–H and O–H groups in total. The van der Waals surface area contributed by atoms with Gasteiger partial charge >= 0.3 is 0 Å². The van der Waals surface area contributed by atoms with Crippen LogP contribution in [0.5, 0.6) is 0 Å². The minimum Gasteiger partial charge on any atom is -0.295 e. The van der Waals surface area contributed by atoms with Crippen molar-refractivity contribution in [1.82, 2.24) is 0 Å². The van der Waals surface area contributed by atoms with Gasteiger partial charge < -0.3 is 0 Å². The summed E-state index contributed by atoms with van der Waals surface area (Å²) in [6, 6.07) is 0. The second kappa shape index (κ2) is 7.63. The summed E-state index contributed by atoms with van der Waals surface area (Å²) in [5, 5.41) is 0. The fraction of sp³-hybridized carbons (Fsp3) is 0.462. The van der Waals surface area contributed by atoms with E-state index in [1.165, 1.54) is 0 Å². The highest BCUT2D eigenvalue weighted by atomic mass is 79.9. The number of carbonyl (C=O) groups is 1. The Balaban J connectivity index is 5.41. The topological polar surface area (TPSA) is 17.1 Å². The highest BCUT2D eigenvalue weighted by molar-refractivity contribution is 9.12. The molecule has 0 saturated heterocycles. The SMILES string of the molecule is C\C=C/C(C(C)=O)=C(CC)\C(Br)=C\CC. The van der Waals surface area contributed by atoms with Crippen molar-refractivity contribution >= 4 is 21.7 Å². The Morgan fingerprint density at radius 2 is 1.93 bits per heavy atom. The van der Waals surface area contributed by atoms with Gasteiger partial charge in [-0.2, -0.15) is 0 Å². The Morgan fingerprint density at radius 3 is 2.27 bits per heavy atom. The van der Waals surface area contributed by atoms with E-state index < -0.39 is 0 Å². The minimum absolute atomic E-state index is 0.117. The van der Waals surface area contributed by atoms with Gasteiger partial charge in [0.1, 0.15) is 0 Å². The summed E-state index contributed by atoms with van der Waals surface area (Å²) < 4.78 is 1.04. The van der Waals surface area contributed by atoms with Crippen LogP contribution < -0.4 is 0 Å². The van der Waals surface area contributed by atoms with Gasteiger partial charge in [-0.15, -0.1) is 0 Å². The molecule has 0 aromatic rings. The van der Waals surface area contributed by atoms with E-state index in [0.717, 1.165) is 28.5 Å². The summed E-state index contributed by atoms with van der Waals surface area (Å²) in [7, 11) is 0. The number of allylic oxidation sites excluding steroid dienone is 6. The third-order valence-corrected chi connectivity index (χ3v) is 2.87. The number of carbonyl (C=O) groups excluding carboxylic acids is 1. The highest BCUT2D eigenvalue weighted by Gasteiger charge is 2.09. The molecular formula is C13H19BrO. The number of hydrogen-bond acceptors (Lipinski definition) is 1. The smallest absolute Gasteiger partial charge is 0.160 e. The third kappa shape index (κ3) is 4.61. The minimum atomic E-state index is 0.117. The molecule has 0 amide bonds. The standard InChI is InChI=1S/C13H19BrO/c1-5-8-12(10(4)15)11(7-3)13(14)9-6-2/h5,8-9H,6-7H2,1-4H3/b8-5-,12-11+,13-9-. The molecule has 1 nitrogen and oxygen atoms in total. The van der Waals surface area contributed by atoms with E-state index in [1.807, 2.05) is 19.1 Å². The molecule has 0 bridgehead atoms. The summed E-state index contributed by atoms with van der Waals surface area (Å²) >= 11 is 3.52. The molecule has 0 spiro atoms. The molecule has 0 rings (SSSR count). The van der Waals surface area contributed by atoms with Gasteiger partial charge in [0.2, 0.25) is 0 Å². The van der Waals surface area contributed by atoms with Crippen LogP contribution in [0.25, 0.3) is 0 Å². The predicted molar refractivity (Wildman–Crippen MR) is 70.1 cm³/mol. The first kappa shape index (κ1) is 14.4. The lowest BCUT2D eigenvalue weighted by Gasteiger charge is -2.08. The summed E-state index contributed by atoms with van der Waals surface area (Å²) in [6.45, 7) is 7.68. The van der Waals surface area contributed by atoms with Crippen molar-refractivity contribution in [3.8, 4) is 0 Å². The van der Waals surface area contributed by atoms with Crippen LogP contribution in [0.15, 0.2) is 33.9 Å². The molecule has 0 heterocycles. The second-order valence-corrected chi connectivity index (χ2v) is 4.12. The zero-order valence-corrected chi connectivity index (χ0v) is 11.5. The number of halogens is 1. The van der Waals surface area contributed by atoms with E-state index >= 15 is 0 Å². The first-order valence-electron chi connectivity index (χ1n) is 5.31. The molecule has 0 atom stereocenters. The number of ketones is 1. The zero-order valence-electron chi connectivity index (χ0n) is 9.93. The Kier molecular flexibility index (Phi) is 7.31. The molecule has 0 fully saturated rings. The normalized spacial score (nSPS) is 14.3. The first-order valence-corrected chi connectivity index (χ1v) is 6.10. The lowest BCUT2D eigenvalue weighted by Crippen LogP contribution is -1.99. The number of rotatable bonds is 5. The van der Waals surface area contributed by atoms with Crippen molar-refractivity contribution < 1.29 is 4.79 Å². The van der Waals surface area contributed by atoms with Crippen LogP contribution in [-0.2, 0) is 4.79 Å². The Labute approximate surface area is 101 Å². The van der Waals surface area contributed by atoms with Gasteiger partial charge in [-0.1, -0.05) is 48.0 Å². The molecule has 0 radical (unpaired) electrons. The molecule has 0 aromatic heterocycles. The molecule has 0 aromatic carbocycles. The molecule has 0 saturated carbocycles. The monoisotopic (exact) mass is 270 g/mol. The van der Waals surface area contributed by atoms with Gasteiger partial charge in [0.05, 0.1) is 0 Å². The van der Waals surface area contributed by atoms with Crippen LogP contribution in [0.3, 0.4) is 0 Å². The molecule has 0 aliphatic rings. The van der Waals surface area contributed by atoms with Crippen molar-refractivity contribution in [3.63, 3.8) is 0 Å². The van der Waals surface area contributed by atoms with Crippen LogP contribution >= 0.6 is 15.9 Å². The van der Waals surface area contributed by atoms with Crippen LogP contribution in [0.2, 0.25) is 0 Å². The molecule has 15 heavy (non-hydrogen) atoms. The van der Waals surface area contributed by atoms with E-state index in [9.17, 15) is 4.79 Å². The van der Waals surface area contributed by atoms with E-state index in [0.29, 0.717) is 0 Å². The molecule has 2 heteroatoms. The number of Topliss-reactive ketones (excluding diaryl/α,β-unsaturated/α-hetero) is 1. The molecule has 84 valence electrons. The maximum absolute atomic E-state index is 11.5. The summed E-state index contributed by atoms with van der Waals surface area (Å²) in [6.07, 6.45) is 7.69. The van der Waals surface area contributed by atoms with Crippen LogP contribution in [0.4, 0.5) is 0 Å². The van der Waals surface area contributed by atoms with E-state index in [1.54, 1.807) is 6.92 Å². The predicted octanol–water partition coefficient (Wildman–Crippen LogP) is 4.55. The summed E-state index contributed by atoms with van der Waals surface area (Å²) in [5.74, 6) is 0.117. The lowest BCUT2D eigenvalue weighted by atomic mass is 10.0. The van der Waals surface area contributed by atoms with E-state index in [2.05, 4.69) is 35.9 Å². The molecule has 0 aliphatic carbocycles. The zero-order chi connectivity index (χ0) is 11.8. The van der Waals surface area contributed by atoms with Crippen LogP contribution in [0.1, 0.15) is 40.5 Å². The van der Waals surface area contributed by atoms with Crippen molar-refractivity contribution in [2.24, 2.45) is 0 Å². The van der Waals surface area contributed by atoms with Crippen molar-refractivity contribution in [2.45, 2.75) is 40.5 Å². The van der Waals surface area contributed by atoms with Gasteiger partial charge in [0.25, 0.3) is 0 Å². The van der Waals surface area contributed by atoms with Gasteiger partial charge in [-0.3, -0.25) is 4.79 Å². The van der Waals surface area contributed by atoms with Crippen molar-refractivity contribution in [3.05, 3.63) is 33.9 Å². The Bertz CT molecular complexity index is 308. The summed E-state index contributed by atoms with van der Waals surface area (Å²) in [4.78, 5) is 11.5. The number of hydrogen-bond donors (Lipinski definition) is 0. The Hall–Kier alpha value is -0.630. The highest BCUT2D eigenvalue weighted by Crippen LogP contribution is 2.25. The Morgan fingerprint density at radius 1 is 1.33 bits per heavy atom. The molecule has 0 aliphatic heterocycles. The van der Waals surface area contributed by atoms with Gasteiger partial charge in [-0.25, -0.2) is 0 Å². The average Bonchev–Trinajstić information content (AvgIpc) is 2.18. The fourth-order valence-corrected chi connectivity index (χ4v) is 2.21. The van der Waals surface area contributed by atoms with E-state index in [4.69, 9.17) is 0 Å². The third-order valence-electron chi connectivity index (χ3n) is 2.06. The fourth-order valence-electron chi connectivity index (χ4n) is 1.39. The maximum Gasteiger partial charge on any atom is 0.160 e. The van der Waals surface area contributed by atoms with Crippen LogP contribution in [0, 0.1) is 0 Å². The lowest BCUT2D eigenvalue weighted by molar-refractivity contribution is -0.113. The largest absolute Gasteiger partial charge is 0.295 e. The van der Waals surface area contributed by atoms with Crippen molar-refractivity contribution in [2.75, 3.05) is 0 Å². The van der Waals surface area contributed by atoms with Gasteiger partial charge in [-0.05, 0) is 32.3 Å². The second-order valence-electron chi connectivity index (χ2n) is 3.26. The van der Waals surface area contributed by atoms with Crippen LogP contribution in [-0.4, -0.2) is 5.78 Å².